The van der Waals surface area contributed by atoms with E-state index in [1.165, 1.54) is 0 Å². The topological polar surface area (TPSA) is 103 Å². The van der Waals surface area contributed by atoms with E-state index in [-0.39, 0.29) is 19.5 Å². The Bertz CT molecular complexity index is 535. The maximum Gasteiger partial charge on any atom is 0.326 e. The lowest BCUT2D eigenvalue weighted by Gasteiger charge is -2.21. The van der Waals surface area contributed by atoms with E-state index < -0.39 is 24.1 Å². The van der Waals surface area contributed by atoms with Crippen molar-refractivity contribution in [1.29, 1.82) is 0 Å². The van der Waals surface area contributed by atoms with Crippen molar-refractivity contribution in [2.45, 2.75) is 38.5 Å². The summed E-state index contributed by atoms with van der Waals surface area (Å²) in [5, 5.41) is 21.3. The molecule has 21 heavy (non-hydrogen) atoms. The molecule has 1 aromatic rings. The molecule has 2 rings (SSSR count). The summed E-state index contributed by atoms with van der Waals surface area (Å²) in [6.45, 7) is 2.27. The van der Waals surface area contributed by atoms with E-state index in [9.17, 15) is 14.7 Å². The van der Waals surface area contributed by atoms with Crippen LogP contribution in [0.4, 0.5) is 4.79 Å². The van der Waals surface area contributed by atoms with Crippen LogP contribution in [0.15, 0.2) is 18.3 Å². The number of aliphatic hydroxyl groups excluding tert-OH is 1. The highest BCUT2D eigenvalue weighted by atomic mass is 16.4. The number of pyridine rings is 1. The molecule has 0 aliphatic carbocycles. The number of urea groups is 1. The minimum atomic E-state index is -1.10. The summed E-state index contributed by atoms with van der Waals surface area (Å²) < 4.78 is 0. The number of aliphatic carboxylic acids is 1. The third kappa shape index (κ3) is 3.49. The lowest BCUT2D eigenvalue weighted by Crippen LogP contribution is -2.46. The number of aliphatic hydroxyl groups is 1. The highest BCUT2D eigenvalue weighted by Crippen LogP contribution is 2.18. The lowest BCUT2D eigenvalue weighted by atomic mass is 10.1. The number of carbonyl (C=O) groups excluding carboxylic acids is 1. The fraction of sp³-hybridized carbons (Fsp3) is 0.500. The van der Waals surface area contributed by atoms with Gasteiger partial charge < -0.3 is 20.4 Å². The SMILES string of the molecule is CCc1cccnc1CNC(=O)N1CC(O)C[C@H]1C(=O)O. The Hall–Kier alpha value is -2.15. The van der Waals surface area contributed by atoms with Crippen molar-refractivity contribution in [1.82, 2.24) is 15.2 Å². The molecule has 1 saturated heterocycles. The highest BCUT2D eigenvalue weighted by molar-refractivity contribution is 5.83. The van der Waals surface area contributed by atoms with E-state index in [0.717, 1.165) is 22.6 Å². The van der Waals surface area contributed by atoms with Gasteiger partial charge in [-0.1, -0.05) is 13.0 Å². The molecule has 0 bridgehead atoms. The van der Waals surface area contributed by atoms with Gasteiger partial charge >= 0.3 is 12.0 Å². The average molecular weight is 293 g/mol. The number of carbonyl (C=O) groups is 2. The van der Waals surface area contributed by atoms with Crippen molar-refractivity contribution in [3.8, 4) is 0 Å². The molecular formula is C14H19N3O4. The van der Waals surface area contributed by atoms with E-state index >= 15 is 0 Å². The summed E-state index contributed by atoms with van der Waals surface area (Å²) in [5.74, 6) is -1.10. The Kier molecular flexibility index (Phi) is 4.74. The van der Waals surface area contributed by atoms with Crippen LogP contribution in [0.2, 0.25) is 0 Å². The van der Waals surface area contributed by atoms with Gasteiger partial charge in [-0.15, -0.1) is 0 Å². The van der Waals surface area contributed by atoms with Crippen LogP contribution >= 0.6 is 0 Å². The van der Waals surface area contributed by atoms with Gasteiger partial charge in [0.25, 0.3) is 0 Å². The number of hydrogen-bond donors (Lipinski definition) is 3. The molecule has 114 valence electrons. The molecule has 1 aliphatic heterocycles. The van der Waals surface area contributed by atoms with Crippen LogP contribution in [0.1, 0.15) is 24.6 Å². The molecule has 0 radical (unpaired) electrons. The number of nitrogens with zero attached hydrogens (tertiary/aromatic N) is 2. The van der Waals surface area contributed by atoms with Crippen LogP contribution in [-0.2, 0) is 17.8 Å². The van der Waals surface area contributed by atoms with E-state index in [0.29, 0.717) is 0 Å². The Labute approximate surface area is 122 Å². The van der Waals surface area contributed by atoms with Crippen LogP contribution in [-0.4, -0.2) is 50.8 Å². The van der Waals surface area contributed by atoms with Crippen molar-refractivity contribution in [2.75, 3.05) is 6.54 Å². The molecule has 3 N–H and O–H groups in total. The fourth-order valence-electron chi connectivity index (χ4n) is 2.49. The Balaban J connectivity index is 2.00. The van der Waals surface area contributed by atoms with E-state index in [1.807, 2.05) is 19.1 Å². The zero-order valence-electron chi connectivity index (χ0n) is 11.8. The van der Waals surface area contributed by atoms with Gasteiger partial charge in [-0.2, -0.15) is 0 Å². The number of aromatic nitrogens is 1. The van der Waals surface area contributed by atoms with Crippen molar-refractivity contribution >= 4 is 12.0 Å². The second kappa shape index (κ2) is 6.53. The summed E-state index contributed by atoms with van der Waals surface area (Å²) in [5.41, 5.74) is 1.80. The van der Waals surface area contributed by atoms with E-state index in [2.05, 4.69) is 10.3 Å². The molecule has 2 atom stereocenters. The number of aryl methyl sites for hydroxylation is 1. The van der Waals surface area contributed by atoms with Crippen molar-refractivity contribution in [3.05, 3.63) is 29.6 Å². The molecule has 1 aromatic heterocycles. The summed E-state index contributed by atoms with van der Waals surface area (Å²) in [4.78, 5) is 28.6. The van der Waals surface area contributed by atoms with Crippen LogP contribution in [0.5, 0.6) is 0 Å². The lowest BCUT2D eigenvalue weighted by molar-refractivity contribution is -0.141. The largest absolute Gasteiger partial charge is 0.480 e. The van der Waals surface area contributed by atoms with Crippen LogP contribution in [0.25, 0.3) is 0 Å². The number of nitrogens with one attached hydrogen (secondary N) is 1. The zero-order chi connectivity index (χ0) is 15.4. The summed E-state index contributed by atoms with van der Waals surface area (Å²) in [7, 11) is 0. The van der Waals surface area contributed by atoms with Crippen molar-refractivity contribution in [3.63, 3.8) is 0 Å². The summed E-state index contributed by atoms with van der Waals surface area (Å²) >= 11 is 0. The number of hydrogen-bond acceptors (Lipinski definition) is 4. The number of carboxylic acid groups (broad SMARTS) is 1. The van der Waals surface area contributed by atoms with Crippen LogP contribution in [0.3, 0.4) is 0 Å². The number of amides is 2. The first-order chi connectivity index (χ1) is 10.0. The van der Waals surface area contributed by atoms with Gasteiger partial charge in [0, 0.05) is 19.2 Å². The molecule has 1 unspecified atom stereocenters. The maximum absolute atomic E-state index is 12.1. The predicted molar refractivity (Wildman–Crippen MR) is 74.6 cm³/mol. The van der Waals surface area contributed by atoms with Gasteiger partial charge in [0.1, 0.15) is 6.04 Å². The van der Waals surface area contributed by atoms with Crippen LogP contribution < -0.4 is 5.32 Å². The molecule has 7 heteroatoms. The zero-order valence-corrected chi connectivity index (χ0v) is 11.8. The van der Waals surface area contributed by atoms with Gasteiger partial charge in [0.05, 0.1) is 18.3 Å². The number of β-amino-alcohol motifs (C(OH)–C–C–N with tert-alkyl or cyclic N) is 1. The van der Waals surface area contributed by atoms with Gasteiger partial charge in [0.15, 0.2) is 0 Å². The average Bonchev–Trinajstić information content (AvgIpc) is 2.87. The standard InChI is InChI=1S/C14H19N3O4/c1-2-9-4-3-5-15-11(9)7-16-14(21)17-8-10(18)6-12(17)13(19)20/h3-5,10,12,18H,2,6-8H2,1H3,(H,16,21)(H,19,20)/t10?,12-/m0/s1. The van der Waals surface area contributed by atoms with Gasteiger partial charge in [-0.05, 0) is 18.1 Å². The van der Waals surface area contributed by atoms with E-state index in [4.69, 9.17) is 5.11 Å². The number of likely N-dealkylation sites (tertiary alicyclic amines) is 1. The predicted octanol–water partition coefficient (Wildman–Crippen LogP) is 0.373. The summed E-state index contributed by atoms with van der Waals surface area (Å²) in [6.07, 6.45) is 1.73. The minimum Gasteiger partial charge on any atom is -0.480 e. The van der Waals surface area contributed by atoms with Gasteiger partial charge in [-0.25, -0.2) is 9.59 Å². The fourth-order valence-corrected chi connectivity index (χ4v) is 2.49. The second-order valence-electron chi connectivity index (χ2n) is 5.02. The van der Waals surface area contributed by atoms with Crippen molar-refractivity contribution in [2.24, 2.45) is 0 Å². The molecule has 7 nitrogen and oxygen atoms in total. The molecule has 1 fully saturated rings. The molecule has 0 saturated carbocycles. The molecular weight excluding hydrogens is 274 g/mol. The minimum absolute atomic E-state index is 0.0334. The van der Waals surface area contributed by atoms with Gasteiger partial charge in [0.2, 0.25) is 0 Å². The smallest absolute Gasteiger partial charge is 0.326 e. The van der Waals surface area contributed by atoms with Gasteiger partial charge in [-0.3, -0.25) is 4.98 Å². The molecule has 0 spiro atoms. The van der Waals surface area contributed by atoms with Crippen molar-refractivity contribution < 1.29 is 19.8 Å². The Morgan fingerprint density at radius 2 is 2.29 bits per heavy atom. The third-order valence-electron chi connectivity index (χ3n) is 3.60. The maximum atomic E-state index is 12.1. The first-order valence-electron chi connectivity index (χ1n) is 6.91. The third-order valence-corrected chi connectivity index (χ3v) is 3.60. The quantitative estimate of drug-likeness (QED) is 0.744. The van der Waals surface area contributed by atoms with Crippen LogP contribution in [0, 0.1) is 0 Å². The molecule has 2 amide bonds. The normalized spacial score (nSPS) is 21.3. The number of carboxylic acids is 1. The molecule has 0 aromatic carbocycles. The monoisotopic (exact) mass is 293 g/mol. The van der Waals surface area contributed by atoms with E-state index in [1.54, 1.807) is 6.20 Å². The molecule has 2 heterocycles. The Morgan fingerprint density at radius 1 is 1.52 bits per heavy atom. The Morgan fingerprint density at radius 3 is 2.95 bits per heavy atom. The summed E-state index contributed by atoms with van der Waals surface area (Å²) in [6, 6.07) is 2.30. The second-order valence-corrected chi connectivity index (χ2v) is 5.02. The first-order valence-corrected chi connectivity index (χ1v) is 6.91. The number of rotatable bonds is 4. The molecule has 1 aliphatic rings. The first kappa shape index (κ1) is 15.2. The highest BCUT2D eigenvalue weighted by Gasteiger charge is 2.38.